The molecule has 2 fully saturated rings. The van der Waals surface area contributed by atoms with E-state index in [1.54, 1.807) is 0 Å². The average Bonchev–Trinajstić information content (AvgIpc) is 2.89. The van der Waals surface area contributed by atoms with Gasteiger partial charge in [-0.15, -0.1) is 0 Å². The van der Waals surface area contributed by atoms with Gasteiger partial charge in [-0.05, 0) is 39.0 Å². The van der Waals surface area contributed by atoms with E-state index in [9.17, 15) is 9.59 Å². The number of nitrogens with two attached hydrogens (primary N) is 1. The predicted octanol–water partition coefficient (Wildman–Crippen LogP) is 1.61. The Morgan fingerprint density at radius 1 is 1.36 bits per heavy atom. The molecule has 4 atom stereocenters. The van der Waals surface area contributed by atoms with Gasteiger partial charge in [0.25, 0.3) is 0 Å². The maximum atomic E-state index is 12.7. The molecule has 2 amide bonds. The lowest BCUT2D eigenvalue weighted by atomic mass is 9.91. The number of carbonyl (C=O) groups is 2. The summed E-state index contributed by atoms with van der Waals surface area (Å²) >= 11 is 0. The molecule has 2 saturated heterocycles. The van der Waals surface area contributed by atoms with E-state index in [0.29, 0.717) is 18.9 Å². The van der Waals surface area contributed by atoms with Crippen molar-refractivity contribution in [1.29, 1.82) is 0 Å². The third-order valence-corrected chi connectivity index (χ3v) is 5.26. The van der Waals surface area contributed by atoms with Crippen LogP contribution in [0.2, 0.25) is 0 Å². The second-order valence-corrected chi connectivity index (χ2v) is 7.13. The molecule has 2 heterocycles. The van der Waals surface area contributed by atoms with E-state index in [-0.39, 0.29) is 29.8 Å². The highest BCUT2D eigenvalue weighted by Crippen LogP contribution is 2.26. The number of rotatable bonds is 5. The van der Waals surface area contributed by atoms with Gasteiger partial charge >= 0.3 is 0 Å². The van der Waals surface area contributed by atoms with Crippen LogP contribution in [0.4, 0.5) is 0 Å². The highest BCUT2D eigenvalue weighted by Gasteiger charge is 2.39. The Hall–Kier alpha value is -1.10. The van der Waals surface area contributed by atoms with Gasteiger partial charge < -0.3 is 15.5 Å². The predicted molar refractivity (Wildman–Crippen MR) is 87.1 cm³/mol. The van der Waals surface area contributed by atoms with Crippen LogP contribution in [0.3, 0.4) is 0 Å². The van der Waals surface area contributed by atoms with Crippen molar-refractivity contribution in [3.63, 3.8) is 0 Å². The highest BCUT2D eigenvalue weighted by molar-refractivity contribution is 5.89. The molecular weight excluding hydrogens is 278 g/mol. The zero-order chi connectivity index (χ0) is 16.3. The lowest BCUT2D eigenvalue weighted by Gasteiger charge is -2.36. The number of hydrogen-bond acceptors (Lipinski definition) is 3. The normalized spacial score (nSPS) is 28.8. The average molecular weight is 309 g/mol. The summed E-state index contributed by atoms with van der Waals surface area (Å²) in [7, 11) is 0. The van der Waals surface area contributed by atoms with Gasteiger partial charge in [0.05, 0.1) is 5.92 Å². The van der Waals surface area contributed by atoms with Gasteiger partial charge in [0.15, 0.2) is 0 Å². The van der Waals surface area contributed by atoms with Crippen LogP contribution < -0.4 is 5.73 Å². The van der Waals surface area contributed by atoms with Crippen LogP contribution in [-0.2, 0) is 9.59 Å². The Morgan fingerprint density at radius 3 is 2.73 bits per heavy atom. The summed E-state index contributed by atoms with van der Waals surface area (Å²) < 4.78 is 0. The van der Waals surface area contributed by atoms with Gasteiger partial charge in [-0.25, -0.2) is 0 Å². The number of hydrogen-bond donors (Lipinski definition) is 1. The Kier molecular flexibility index (Phi) is 5.84. The summed E-state index contributed by atoms with van der Waals surface area (Å²) in [6.45, 7) is 8.40. The molecule has 2 aliphatic rings. The topological polar surface area (TPSA) is 66.6 Å². The molecule has 2 aliphatic heterocycles. The van der Waals surface area contributed by atoms with Gasteiger partial charge in [-0.1, -0.05) is 13.3 Å². The Morgan fingerprint density at radius 2 is 2.09 bits per heavy atom. The van der Waals surface area contributed by atoms with Crippen LogP contribution in [-0.4, -0.2) is 53.3 Å². The summed E-state index contributed by atoms with van der Waals surface area (Å²) in [5, 5.41) is 0. The SMILES string of the molecule is CCCC(C)N1CC(C(=O)N2CCCC(C(C)N)C2)CC1=O. The monoisotopic (exact) mass is 309 g/mol. The maximum Gasteiger partial charge on any atom is 0.228 e. The number of likely N-dealkylation sites (tertiary alicyclic amines) is 2. The minimum absolute atomic E-state index is 0.127. The molecule has 126 valence electrons. The summed E-state index contributed by atoms with van der Waals surface area (Å²) in [5.74, 6) is 0.536. The summed E-state index contributed by atoms with van der Waals surface area (Å²) in [6, 6.07) is 0.371. The van der Waals surface area contributed by atoms with Crippen LogP contribution in [0.5, 0.6) is 0 Å². The molecule has 0 spiro atoms. The Bertz CT molecular complexity index is 411. The van der Waals surface area contributed by atoms with Gasteiger partial charge in [0, 0.05) is 38.1 Å². The Labute approximate surface area is 134 Å². The second kappa shape index (κ2) is 7.44. The van der Waals surface area contributed by atoms with E-state index in [1.165, 1.54) is 0 Å². The summed E-state index contributed by atoms with van der Waals surface area (Å²) in [4.78, 5) is 28.8. The molecule has 2 rings (SSSR count). The van der Waals surface area contributed by atoms with Crippen molar-refractivity contribution in [2.75, 3.05) is 19.6 Å². The van der Waals surface area contributed by atoms with Gasteiger partial charge in [0.1, 0.15) is 0 Å². The van der Waals surface area contributed by atoms with Crippen LogP contribution in [0.25, 0.3) is 0 Å². The van der Waals surface area contributed by atoms with Crippen LogP contribution in [0.1, 0.15) is 52.9 Å². The lowest BCUT2D eigenvalue weighted by molar-refractivity contribution is -0.137. The summed E-state index contributed by atoms with van der Waals surface area (Å²) in [6.07, 6.45) is 4.57. The number of carbonyl (C=O) groups excluding carboxylic acids is 2. The molecule has 0 radical (unpaired) electrons. The van der Waals surface area contributed by atoms with E-state index in [2.05, 4.69) is 13.8 Å². The zero-order valence-electron chi connectivity index (χ0n) is 14.3. The first-order valence-corrected chi connectivity index (χ1v) is 8.77. The summed E-state index contributed by atoms with van der Waals surface area (Å²) in [5.41, 5.74) is 6.00. The first kappa shape index (κ1) is 17.3. The van der Waals surface area contributed by atoms with E-state index in [1.807, 2.05) is 16.7 Å². The molecule has 5 heteroatoms. The minimum Gasteiger partial charge on any atom is -0.342 e. The van der Waals surface area contributed by atoms with E-state index >= 15 is 0 Å². The number of amides is 2. The fraction of sp³-hybridized carbons (Fsp3) is 0.882. The Balaban J connectivity index is 1.94. The molecule has 0 aromatic rings. The van der Waals surface area contributed by atoms with Crippen LogP contribution in [0, 0.1) is 11.8 Å². The number of nitrogens with zero attached hydrogens (tertiary/aromatic N) is 2. The van der Waals surface area contributed by atoms with Crippen molar-refractivity contribution < 1.29 is 9.59 Å². The first-order valence-electron chi connectivity index (χ1n) is 8.77. The molecular formula is C17H31N3O2. The second-order valence-electron chi connectivity index (χ2n) is 7.13. The van der Waals surface area contributed by atoms with E-state index in [4.69, 9.17) is 5.73 Å². The molecule has 22 heavy (non-hydrogen) atoms. The van der Waals surface area contributed by atoms with Crippen molar-refractivity contribution in [2.24, 2.45) is 17.6 Å². The molecule has 0 bridgehead atoms. The quantitative estimate of drug-likeness (QED) is 0.839. The van der Waals surface area contributed by atoms with Gasteiger partial charge in [-0.2, -0.15) is 0 Å². The third-order valence-electron chi connectivity index (χ3n) is 5.26. The van der Waals surface area contributed by atoms with Crippen molar-refractivity contribution in [3.8, 4) is 0 Å². The molecule has 0 aliphatic carbocycles. The largest absolute Gasteiger partial charge is 0.342 e. The van der Waals surface area contributed by atoms with Gasteiger partial charge in [0.2, 0.25) is 11.8 Å². The minimum atomic E-state index is -0.154. The maximum absolute atomic E-state index is 12.7. The number of piperidine rings is 1. The molecule has 0 aromatic carbocycles. The molecule has 0 aromatic heterocycles. The molecule has 2 N–H and O–H groups in total. The van der Waals surface area contributed by atoms with Crippen molar-refractivity contribution in [2.45, 2.75) is 65.0 Å². The zero-order valence-corrected chi connectivity index (χ0v) is 14.3. The third kappa shape index (κ3) is 3.80. The first-order chi connectivity index (χ1) is 10.4. The van der Waals surface area contributed by atoms with E-state index < -0.39 is 0 Å². The standard InChI is InChI=1S/C17H31N3O2/c1-4-6-12(2)20-11-15(9-16(20)21)17(22)19-8-5-7-14(10-19)13(3)18/h12-15H,4-11,18H2,1-3H3. The van der Waals surface area contributed by atoms with Crippen molar-refractivity contribution in [3.05, 3.63) is 0 Å². The van der Waals surface area contributed by atoms with Crippen LogP contribution in [0.15, 0.2) is 0 Å². The van der Waals surface area contributed by atoms with E-state index in [0.717, 1.165) is 38.8 Å². The fourth-order valence-corrected chi connectivity index (χ4v) is 3.79. The molecule has 5 nitrogen and oxygen atoms in total. The van der Waals surface area contributed by atoms with Crippen molar-refractivity contribution in [1.82, 2.24) is 9.80 Å². The molecule has 4 unspecified atom stereocenters. The lowest BCUT2D eigenvalue weighted by Crippen LogP contribution is -2.47. The van der Waals surface area contributed by atoms with Crippen molar-refractivity contribution >= 4 is 11.8 Å². The smallest absolute Gasteiger partial charge is 0.228 e. The van der Waals surface area contributed by atoms with Gasteiger partial charge in [-0.3, -0.25) is 9.59 Å². The molecule has 0 saturated carbocycles. The highest BCUT2D eigenvalue weighted by atomic mass is 16.2. The fourth-order valence-electron chi connectivity index (χ4n) is 3.79. The van der Waals surface area contributed by atoms with Crippen LogP contribution >= 0.6 is 0 Å².